The average molecular weight is 482 g/mol. The summed E-state index contributed by atoms with van der Waals surface area (Å²) in [6, 6.07) is 23.0. The highest BCUT2D eigenvalue weighted by Crippen LogP contribution is 2.18. The number of fused-ring (bicyclic) bond motifs is 1. The number of rotatable bonds is 3. The number of aromatic nitrogens is 2. The van der Waals surface area contributed by atoms with E-state index in [1.54, 1.807) is 4.57 Å². The van der Waals surface area contributed by atoms with Gasteiger partial charge < -0.3 is 0 Å². The lowest BCUT2D eigenvalue weighted by Gasteiger charge is -2.11. The first kappa shape index (κ1) is 17.9. The fourth-order valence-corrected chi connectivity index (χ4v) is 3.56. The molecule has 0 amide bonds. The van der Waals surface area contributed by atoms with Gasteiger partial charge in [0.2, 0.25) is 0 Å². The predicted octanol–water partition coefficient (Wildman–Crippen LogP) is 6.08. The molecule has 3 nitrogen and oxygen atoms in total. The fourth-order valence-electron chi connectivity index (χ4n) is 2.88. The van der Waals surface area contributed by atoms with Crippen LogP contribution in [0.15, 0.2) is 86.5 Å². The van der Waals surface area contributed by atoms with Crippen molar-refractivity contribution < 1.29 is 0 Å². The second-order valence-corrected chi connectivity index (χ2v) is 7.82. The molecule has 0 saturated carbocycles. The number of hydrogen-bond acceptors (Lipinski definition) is 2. The van der Waals surface area contributed by atoms with Crippen LogP contribution in [0, 0.1) is 0 Å². The Morgan fingerprint density at radius 2 is 1.59 bits per heavy atom. The van der Waals surface area contributed by atoms with Gasteiger partial charge in [0.05, 0.1) is 16.6 Å². The summed E-state index contributed by atoms with van der Waals surface area (Å²) in [4.78, 5) is 17.9. The van der Waals surface area contributed by atoms with E-state index >= 15 is 0 Å². The van der Waals surface area contributed by atoms with E-state index in [0.717, 1.165) is 20.2 Å². The summed E-state index contributed by atoms with van der Waals surface area (Å²) in [6.07, 6.45) is 3.83. The molecule has 0 spiro atoms. The van der Waals surface area contributed by atoms with Crippen LogP contribution in [-0.4, -0.2) is 9.55 Å². The van der Waals surface area contributed by atoms with E-state index in [0.29, 0.717) is 16.7 Å². The van der Waals surface area contributed by atoms with Crippen LogP contribution in [0.4, 0.5) is 0 Å². The van der Waals surface area contributed by atoms with Crippen molar-refractivity contribution in [3.63, 3.8) is 0 Å². The van der Waals surface area contributed by atoms with Gasteiger partial charge in [-0.1, -0.05) is 62.2 Å². The van der Waals surface area contributed by atoms with Gasteiger partial charge >= 0.3 is 0 Å². The molecular formula is C22H14Br2N2O. The van der Waals surface area contributed by atoms with E-state index in [9.17, 15) is 4.79 Å². The van der Waals surface area contributed by atoms with Crippen molar-refractivity contribution in [2.45, 2.75) is 0 Å². The quantitative estimate of drug-likeness (QED) is 0.355. The van der Waals surface area contributed by atoms with E-state index in [1.807, 2.05) is 84.9 Å². The Morgan fingerprint density at radius 1 is 0.815 bits per heavy atom. The van der Waals surface area contributed by atoms with Gasteiger partial charge in [-0.3, -0.25) is 9.36 Å². The molecule has 0 unspecified atom stereocenters. The highest BCUT2D eigenvalue weighted by Gasteiger charge is 2.10. The van der Waals surface area contributed by atoms with Crippen LogP contribution in [0.2, 0.25) is 0 Å². The highest BCUT2D eigenvalue weighted by atomic mass is 79.9. The third kappa shape index (κ3) is 3.80. The summed E-state index contributed by atoms with van der Waals surface area (Å²) in [5.74, 6) is 0.584. The third-order valence-electron chi connectivity index (χ3n) is 4.16. The van der Waals surface area contributed by atoms with Crippen LogP contribution in [0.25, 0.3) is 28.7 Å². The fraction of sp³-hybridized carbons (Fsp3) is 0. The molecule has 4 rings (SSSR count). The number of para-hydroxylation sites is 1. The topological polar surface area (TPSA) is 34.9 Å². The Labute approximate surface area is 173 Å². The van der Waals surface area contributed by atoms with Gasteiger partial charge in [0.1, 0.15) is 5.82 Å². The predicted molar refractivity (Wildman–Crippen MR) is 118 cm³/mol. The molecule has 4 aromatic rings. The molecule has 27 heavy (non-hydrogen) atoms. The number of halogens is 2. The van der Waals surface area contributed by atoms with Crippen molar-refractivity contribution >= 4 is 54.9 Å². The van der Waals surface area contributed by atoms with E-state index in [-0.39, 0.29) is 5.56 Å². The van der Waals surface area contributed by atoms with Crippen LogP contribution >= 0.6 is 31.9 Å². The maximum atomic E-state index is 13.2. The van der Waals surface area contributed by atoms with Crippen molar-refractivity contribution in [1.29, 1.82) is 0 Å². The summed E-state index contributed by atoms with van der Waals surface area (Å²) in [5.41, 5.74) is 2.39. The Bertz CT molecular complexity index is 1210. The molecular weight excluding hydrogens is 468 g/mol. The lowest BCUT2D eigenvalue weighted by Crippen LogP contribution is -2.22. The first-order valence-electron chi connectivity index (χ1n) is 8.33. The van der Waals surface area contributed by atoms with Crippen LogP contribution in [-0.2, 0) is 0 Å². The zero-order valence-electron chi connectivity index (χ0n) is 14.1. The minimum absolute atomic E-state index is 0.0863. The molecule has 1 heterocycles. The first-order valence-corrected chi connectivity index (χ1v) is 9.92. The van der Waals surface area contributed by atoms with Gasteiger partial charge in [-0.2, -0.15) is 0 Å². The molecule has 3 aromatic carbocycles. The summed E-state index contributed by atoms with van der Waals surface area (Å²) < 4.78 is 3.60. The monoisotopic (exact) mass is 480 g/mol. The van der Waals surface area contributed by atoms with Gasteiger partial charge in [0, 0.05) is 8.95 Å². The lowest BCUT2D eigenvalue weighted by atomic mass is 10.2. The van der Waals surface area contributed by atoms with Crippen molar-refractivity contribution in [2.75, 3.05) is 0 Å². The summed E-state index contributed by atoms with van der Waals surface area (Å²) in [6.45, 7) is 0. The molecule has 0 atom stereocenters. The number of hydrogen-bond donors (Lipinski definition) is 0. The van der Waals surface area contributed by atoms with Crippen molar-refractivity contribution in [3.05, 3.63) is 103 Å². The maximum absolute atomic E-state index is 13.2. The molecule has 0 bridgehead atoms. The SMILES string of the molecule is O=c1c2ccccc2nc(C=Cc2cccc(Br)c2)n1-c1ccc(Br)cc1. The molecule has 5 heteroatoms. The van der Waals surface area contributed by atoms with Crippen molar-refractivity contribution in [3.8, 4) is 5.69 Å². The summed E-state index contributed by atoms with van der Waals surface area (Å²) in [7, 11) is 0. The van der Waals surface area contributed by atoms with Gasteiger partial charge in [-0.05, 0) is 60.2 Å². The first-order chi connectivity index (χ1) is 13.1. The zero-order chi connectivity index (χ0) is 18.8. The van der Waals surface area contributed by atoms with Crippen LogP contribution in [0.3, 0.4) is 0 Å². The number of nitrogens with zero attached hydrogens (tertiary/aromatic N) is 2. The molecule has 0 radical (unpaired) electrons. The molecule has 1 aromatic heterocycles. The molecule has 0 aliphatic rings. The zero-order valence-corrected chi connectivity index (χ0v) is 17.3. The smallest absolute Gasteiger partial charge is 0.266 e. The minimum atomic E-state index is -0.0863. The Hall–Kier alpha value is -2.50. The van der Waals surface area contributed by atoms with E-state index < -0.39 is 0 Å². The van der Waals surface area contributed by atoms with Gasteiger partial charge in [0.25, 0.3) is 5.56 Å². The third-order valence-corrected chi connectivity index (χ3v) is 5.18. The minimum Gasteiger partial charge on any atom is -0.268 e. The summed E-state index contributed by atoms with van der Waals surface area (Å²) in [5, 5.41) is 0.597. The second kappa shape index (κ2) is 7.62. The Morgan fingerprint density at radius 3 is 2.37 bits per heavy atom. The average Bonchev–Trinajstić information content (AvgIpc) is 2.68. The normalized spacial score (nSPS) is 11.3. The van der Waals surface area contributed by atoms with Crippen LogP contribution in [0.1, 0.15) is 11.4 Å². The van der Waals surface area contributed by atoms with Crippen molar-refractivity contribution in [2.24, 2.45) is 0 Å². The second-order valence-electron chi connectivity index (χ2n) is 5.99. The molecule has 132 valence electrons. The van der Waals surface area contributed by atoms with E-state index in [1.165, 1.54) is 0 Å². The van der Waals surface area contributed by atoms with Gasteiger partial charge in [-0.25, -0.2) is 4.98 Å². The van der Waals surface area contributed by atoms with Gasteiger partial charge in [-0.15, -0.1) is 0 Å². The molecule has 0 saturated heterocycles. The van der Waals surface area contributed by atoms with Crippen LogP contribution < -0.4 is 5.56 Å². The van der Waals surface area contributed by atoms with Crippen molar-refractivity contribution in [1.82, 2.24) is 9.55 Å². The standard InChI is InChI=1S/C22H14Br2N2O/c23-16-9-11-18(12-10-16)26-21(13-8-15-4-3-5-17(24)14-15)25-20-7-2-1-6-19(20)22(26)27/h1-14H. The Kier molecular flexibility index (Phi) is 5.05. The molecule has 0 fully saturated rings. The van der Waals surface area contributed by atoms with E-state index in [2.05, 4.69) is 31.9 Å². The van der Waals surface area contributed by atoms with Crippen LogP contribution in [0.5, 0.6) is 0 Å². The summed E-state index contributed by atoms with van der Waals surface area (Å²) >= 11 is 6.92. The number of benzene rings is 3. The lowest BCUT2D eigenvalue weighted by molar-refractivity contribution is 0.943. The molecule has 0 aliphatic carbocycles. The Balaban J connectivity index is 1.93. The largest absolute Gasteiger partial charge is 0.268 e. The van der Waals surface area contributed by atoms with E-state index in [4.69, 9.17) is 4.98 Å². The molecule has 0 aliphatic heterocycles. The molecule has 0 N–H and O–H groups in total. The van der Waals surface area contributed by atoms with Gasteiger partial charge in [0.15, 0.2) is 0 Å². The highest BCUT2D eigenvalue weighted by molar-refractivity contribution is 9.10. The maximum Gasteiger partial charge on any atom is 0.266 e.